The maximum atomic E-state index is 13.8. The van der Waals surface area contributed by atoms with Crippen LogP contribution in [0.4, 0.5) is 0 Å². The summed E-state index contributed by atoms with van der Waals surface area (Å²) in [6.45, 7) is 1.11. The molecule has 38 heavy (non-hydrogen) atoms. The van der Waals surface area contributed by atoms with Crippen molar-refractivity contribution in [3.8, 4) is 6.07 Å². The number of nitriles is 1. The van der Waals surface area contributed by atoms with Crippen molar-refractivity contribution < 1.29 is 19.5 Å². The molecule has 2 aliphatic rings. The number of nitrogens with two attached hydrogens (primary N) is 1. The van der Waals surface area contributed by atoms with Gasteiger partial charge in [0.1, 0.15) is 5.02 Å². The van der Waals surface area contributed by atoms with Crippen molar-refractivity contribution in [1.29, 1.82) is 5.26 Å². The zero-order valence-corrected chi connectivity index (χ0v) is 22.8. The predicted molar refractivity (Wildman–Crippen MR) is 144 cm³/mol. The number of halogens is 2. The Morgan fingerprint density at radius 1 is 1.24 bits per heavy atom. The van der Waals surface area contributed by atoms with Crippen LogP contribution in [0.5, 0.6) is 0 Å². The number of aromatic nitrogens is 1. The number of hydrogen-bond donors (Lipinski definition) is 2. The predicted octanol–water partition coefficient (Wildman–Crippen LogP) is 3.33. The van der Waals surface area contributed by atoms with E-state index < -0.39 is 6.04 Å². The van der Waals surface area contributed by atoms with Crippen molar-refractivity contribution in [2.75, 3.05) is 13.1 Å². The summed E-state index contributed by atoms with van der Waals surface area (Å²) in [5.41, 5.74) is 8.01. The largest absolute Gasteiger partial charge is 0.331 e. The van der Waals surface area contributed by atoms with Crippen molar-refractivity contribution in [3.05, 3.63) is 63.9 Å². The molecule has 1 aromatic carbocycles. The Morgan fingerprint density at radius 2 is 2.00 bits per heavy atom. The molecular weight excluding hydrogens is 525 g/mol. The lowest BCUT2D eigenvalue weighted by Gasteiger charge is -2.32. The number of carbonyl (C=O) groups is 2. The number of amides is 1. The van der Waals surface area contributed by atoms with E-state index in [9.17, 15) is 20.1 Å². The van der Waals surface area contributed by atoms with Gasteiger partial charge in [-0.05, 0) is 37.7 Å². The zero-order chi connectivity index (χ0) is 27.2. The maximum Gasteiger partial charge on any atom is 0.242 e. The molecule has 2 aliphatic heterocycles. The van der Waals surface area contributed by atoms with Gasteiger partial charge in [-0.3, -0.25) is 19.7 Å². The van der Waals surface area contributed by atoms with Gasteiger partial charge in [-0.25, -0.2) is 0 Å². The molecular formula is C28H34Cl2N5O3+. The van der Waals surface area contributed by atoms with Crippen LogP contribution in [0.25, 0.3) is 0 Å². The molecule has 0 radical (unpaired) electrons. The second-order valence-corrected chi connectivity index (χ2v) is 11.0. The summed E-state index contributed by atoms with van der Waals surface area (Å²) in [5, 5.41) is 19.9. The highest BCUT2D eigenvalue weighted by Crippen LogP contribution is 2.30. The topological polar surface area (TPSA) is 115 Å². The first-order valence-electron chi connectivity index (χ1n) is 13.1. The average Bonchev–Trinajstić information content (AvgIpc) is 3.25. The van der Waals surface area contributed by atoms with E-state index in [4.69, 9.17) is 28.9 Å². The Labute approximate surface area is 233 Å². The molecule has 1 amide bonds. The summed E-state index contributed by atoms with van der Waals surface area (Å²) in [6, 6.07) is 13.0. The number of rotatable bonds is 10. The fraction of sp³-hybridized carbons (Fsp3) is 0.500. The quantitative estimate of drug-likeness (QED) is 0.341. The van der Waals surface area contributed by atoms with Crippen LogP contribution in [0, 0.1) is 11.3 Å². The summed E-state index contributed by atoms with van der Waals surface area (Å²) in [4.78, 5) is 31.3. The summed E-state index contributed by atoms with van der Waals surface area (Å²) in [6.07, 6.45) is 5.13. The lowest BCUT2D eigenvalue weighted by molar-refractivity contribution is -0.909. The van der Waals surface area contributed by atoms with Gasteiger partial charge >= 0.3 is 0 Å². The number of pyridine rings is 1. The minimum Gasteiger partial charge on any atom is -0.331 e. The van der Waals surface area contributed by atoms with Crippen LogP contribution in [-0.4, -0.2) is 64.0 Å². The van der Waals surface area contributed by atoms with Gasteiger partial charge < -0.3 is 10.6 Å². The van der Waals surface area contributed by atoms with Gasteiger partial charge in [0, 0.05) is 55.2 Å². The van der Waals surface area contributed by atoms with Crippen LogP contribution in [0.2, 0.25) is 10.0 Å². The lowest BCUT2D eigenvalue weighted by Crippen LogP contribution is -2.50. The third-order valence-corrected chi connectivity index (χ3v) is 8.39. The maximum absolute atomic E-state index is 13.8. The summed E-state index contributed by atoms with van der Waals surface area (Å²) < 4.78 is 0.859. The normalized spacial score (nSPS) is 22.5. The molecule has 2 aromatic rings. The van der Waals surface area contributed by atoms with Crippen LogP contribution in [0.1, 0.15) is 49.8 Å². The first kappa shape index (κ1) is 28.3. The zero-order valence-electron chi connectivity index (χ0n) is 21.3. The Balaban J connectivity index is 1.51. The molecule has 2 fully saturated rings. The highest BCUT2D eigenvalue weighted by atomic mass is 35.5. The number of benzene rings is 1. The van der Waals surface area contributed by atoms with Crippen LogP contribution < -0.4 is 10.5 Å². The second-order valence-electron chi connectivity index (χ2n) is 10.2. The number of fused-ring (bicyclic) bond motifs is 1. The highest BCUT2D eigenvalue weighted by Gasteiger charge is 2.45. The molecule has 0 spiro atoms. The first-order valence-corrected chi connectivity index (χ1v) is 13.9. The van der Waals surface area contributed by atoms with E-state index in [-0.39, 0.29) is 65.5 Å². The third kappa shape index (κ3) is 6.65. The van der Waals surface area contributed by atoms with Crippen LogP contribution in [0.15, 0.2) is 42.6 Å². The van der Waals surface area contributed by atoms with Gasteiger partial charge in [-0.15, -0.1) is 0 Å². The minimum absolute atomic E-state index is 0.0804. The van der Waals surface area contributed by atoms with E-state index in [0.29, 0.717) is 25.2 Å². The SMILES string of the molecule is N#CCC[C@H](C(=O)CCc1cc(Cl)c(Cl)c[n+]1O)N1CCC(CCc2ccccc2)N2C[C@H](N)C[C@H]2C1=O. The van der Waals surface area contributed by atoms with E-state index in [2.05, 4.69) is 23.1 Å². The molecule has 1 unspecified atom stereocenters. The highest BCUT2D eigenvalue weighted by molar-refractivity contribution is 6.41. The number of nitrogens with zero attached hydrogens (tertiary/aromatic N) is 4. The van der Waals surface area contributed by atoms with Crippen molar-refractivity contribution in [2.45, 2.75) is 75.5 Å². The molecule has 4 rings (SSSR count). The van der Waals surface area contributed by atoms with E-state index in [1.54, 1.807) is 4.90 Å². The van der Waals surface area contributed by atoms with Gasteiger partial charge in [0.05, 0.1) is 23.2 Å². The average molecular weight is 560 g/mol. The number of ketones is 1. The van der Waals surface area contributed by atoms with E-state index in [1.165, 1.54) is 17.8 Å². The van der Waals surface area contributed by atoms with Crippen molar-refractivity contribution >= 4 is 34.9 Å². The van der Waals surface area contributed by atoms with Gasteiger partial charge in [-0.1, -0.05) is 53.5 Å². The van der Waals surface area contributed by atoms with Gasteiger partial charge in [-0.2, -0.15) is 5.26 Å². The third-order valence-electron chi connectivity index (χ3n) is 7.68. The fourth-order valence-electron chi connectivity index (χ4n) is 5.72. The Bertz CT molecular complexity index is 1190. The van der Waals surface area contributed by atoms with E-state index in [0.717, 1.165) is 24.0 Å². The number of aryl methyl sites for hydroxylation is 2. The minimum atomic E-state index is -0.705. The molecule has 10 heteroatoms. The monoisotopic (exact) mass is 558 g/mol. The van der Waals surface area contributed by atoms with E-state index in [1.807, 2.05) is 18.2 Å². The summed E-state index contributed by atoms with van der Waals surface area (Å²) in [5.74, 6) is -0.223. The van der Waals surface area contributed by atoms with Gasteiger partial charge in [0.2, 0.25) is 17.8 Å². The van der Waals surface area contributed by atoms with Crippen LogP contribution >= 0.6 is 23.2 Å². The molecule has 3 N–H and O–H groups in total. The molecule has 4 atom stereocenters. The number of carbonyl (C=O) groups excluding carboxylic acids is 2. The second kappa shape index (κ2) is 12.9. The van der Waals surface area contributed by atoms with Crippen LogP contribution in [0.3, 0.4) is 0 Å². The molecule has 3 heterocycles. The lowest BCUT2D eigenvalue weighted by atomic mass is 9.98. The molecule has 8 nitrogen and oxygen atoms in total. The molecule has 0 bridgehead atoms. The Morgan fingerprint density at radius 3 is 2.74 bits per heavy atom. The van der Waals surface area contributed by atoms with Crippen LogP contribution in [-0.2, 0) is 22.4 Å². The molecule has 1 aromatic heterocycles. The summed E-state index contributed by atoms with van der Waals surface area (Å²) >= 11 is 12.0. The molecule has 0 aliphatic carbocycles. The van der Waals surface area contributed by atoms with Crippen molar-refractivity contribution in [2.24, 2.45) is 5.73 Å². The van der Waals surface area contributed by atoms with Crippen molar-refractivity contribution in [3.63, 3.8) is 0 Å². The first-order chi connectivity index (χ1) is 18.3. The standard InChI is InChI=1S/C28H34Cl2N5O3/c29-23-16-22(35(38)18-24(23)30)10-11-27(36)25(7-4-13-31)33-14-12-21(9-8-19-5-2-1-3-6-19)34-17-20(32)15-26(34)28(33)37/h1-3,5-6,16,18,20-21,25-26,38H,4,7-12,14-15,17,32H2/q+1/t20-,21?,25-,26+/m1/s1. The smallest absolute Gasteiger partial charge is 0.242 e. The molecule has 202 valence electrons. The molecule has 2 saturated heterocycles. The van der Waals surface area contributed by atoms with Gasteiger partial charge in [0.25, 0.3) is 0 Å². The summed E-state index contributed by atoms with van der Waals surface area (Å²) in [7, 11) is 0. The molecule has 0 saturated carbocycles. The van der Waals surface area contributed by atoms with Crippen molar-refractivity contribution in [1.82, 2.24) is 9.80 Å². The number of Topliss-reactive ketones (excluding diaryl/α,β-unsaturated/α-hetero) is 1. The fourth-order valence-corrected chi connectivity index (χ4v) is 6.05. The van der Waals surface area contributed by atoms with E-state index >= 15 is 0 Å². The number of hydrogen-bond acceptors (Lipinski definition) is 6. The van der Waals surface area contributed by atoms with Gasteiger partial charge in [0.15, 0.2) is 5.78 Å². The Hall–Kier alpha value is -2.70. The Kier molecular flexibility index (Phi) is 9.61.